The number of hydrogen-bond acceptors (Lipinski definition) is 5. The van der Waals surface area contributed by atoms with Crippen molar-refractivity contribution in [2.24, 2.45) is 0 Å². The van der Waals surface area contributed by atoms with Crippen LogP contribution in [0.3, 0.4) is 0 Å². The summed E-state index contributed by atoms with van der Waals surface area (Å²) >= 11 is 0. The first-order valence-electron chi connectivity index (χ1n) is 4.85. The molecule has 1 amide bonds. The largest absolute Gasteiger partial charge is 0.479 e. The molecule has 0 bridgehead atoms. The Morgan fingerprint density at radius 2 is 2.21 bits per heavy atom. The molecule has 0 saturated heterocycles. The molecule has 19 heavy (non-hydrogen) atoms. The standard InChI is InChI=1S/C9H7F3N4O3/c1-18-7-2-4(19-16-7)8(17)13-6-3-5(14-15-6)9(10,11)12/h2-3H,1H3,(H2,13,14,15,17). The fourth-order valence-corrected chi connectivity index (χ4v) is 1.17. The summed E-state index contributed by atoms with van der Waals surface area (Å²) in [5.41, 5.74) is -1.07. The van der Waals surface area contributed by atoms with E-state index in [0.717, 1.165) is 0 Å². The van der Waals surface area contributed by atoms with Crippen molar-refractivity contribution in [2.75, 3.05) is 12.4 Å². The minimum Gasteiger partial charge on any atom is -0.479 e. The van der Waals surface area contributed by atoms with Crippen LogP contribution in [-0.4, -0.2) is 28.4 Å². The number of hydrogen-bond donors (Lipinski definition) is 2. The number of anilines is 1. The molecular formula is C9H7F3N4O3. The third kappa shape index (κ3) is 2.84. The van der Waals surface area contributed by atoms with E-state index < -0.39 is 17.8 Å². The summed E-state index contributed by atoms with van der Waals surface area (Å²) in [7, 11) is 1.32. The third-order valence-corrected chi connectivity index (χ3v) is 2.05. The number of ether oxygens (including phenoxy) is 1. The molecule has 2 rings (SSSR count). The Morgan fingerprint density at radius 1 is 1.47 bits per heavy atom. The zero-order valence-electron chi connectivity index (χ0n) is 9.41. The van der Waals surface area contributed by atoms with Crippen molar-refractivity contribution >= 4 is 11.7 Å². The number of aromatic amines is 1. The third-order valence-electron chi connectivity index (χ3n) is 2.05. The van der Waals surface area contributed by atoms with Gasteiger partial charge >= 0.3 is 6.18 Å². The molecule has 10 heteroatoms. The summed E-state index contributed by atoms with van der Waals surface area (Å²) in [6.45, 7) is 0. The Kier molecular flexibility index (Phi) is 3.15. The highest BCUT2D eigenvalue weighted by Crippen LogP contribution is 2.28. The van der Waals surface area contributed by atoms with Crippen LogP contribution < -0.4 is 10.1 Å². The van der Waals surface area contributed by atoms with Gasteiger partial charge in [-0.05, 0) is 5.16 Å². The SMILES string of the molecule is COc1cc(C(=O)Nc2cc(C(F)(F)F)[nH]n2)on1. The molecule has 102 valence electrons. The van der Waals surface area contributed by atoms with E-state index >= 15 is 0 Å². The lowest BCUT2D eigenvalue weighted by molar-refractivity contribution is -0.141. The maximum atomic E-state index is 12.3. The smallest absolute Gasteiger partial charge is 0.432 e. The van der Waals surface area contributed by atoms with Crippen LogP contribution in [0.2, 0.25) is 0 Å². The van der Waals surface area contributed by atoms with E-state index in [1.54, 1.807) is 5.10 Å². The number of carbonyl (C=O) groups excluding carboxylic acids is 1. The van der Waals surface area contributed by atoms with Crippen molar-refractivity contribution in [1.82, 2.24) is 15.4 Å². The Balaban J connectivity index is 2.09. The van der Waals surface area contributed by atoms with Gasteiger partial charge in [0, 0.05) is 6.07 Å². The lowest BCUT2D eigenvalue weighted by Crippen LogP contribution is -2.11. The van der Waals surface area contributed by atoms with Crippen LogP contribution >= 0.6 is 0 Å². The van der Waals surface area contributed by atoms with Gasteiger partial charge in [0.2, 0.25) is 5.76 Å². The van der Waals surface area contributed by atoms with Gasteiger partial charge in [-0.25, -0.2) is 0 Å². The molecule has 0 radical (unpaired) electrons. The second-order valence-corrected chi connectivity index (χ2v) is 3.35. The van der Waals surface area contributed by atoms with Gasteiger partial charge in [0.05, 0.1) is 13.2 Å². The van der Waals surface area contributed by atoms with E-state index in [1.165, 1.54) is 13.2 Å². The quantitative estimate of drug-likeness (QED) is 0.889. The van der Waals surface area contributed by atoms with Crippen LogP contribution in [0.5, 0.6) is 5.88 Å². The van der Waals surface area contributed by atoms with E-state index in [4.69, 9.17) is 0 Å². The molecule has 7 nitrogen and oxygen atoms in total. The summed E-state index contributed by atoms with van der Waals surface area (Å²) in [6, 6.07) is 1.85. The van der Waals surface area contributed by atoms with E-state index in [1.807, 2.05) is 0 Å². The number of methoxy groups -OCH3 is 1. The molecule has 2 heterocycles. The molecule has 0 fully saturated rings. The minimum absolute atomic E-state index is 0.0724. The summed E-state index contributed by atoms with van der Waals surface area (Å²) in [5, 5.41) is 10.6. The molecular weight excluding hydrogens is 269 g/mol. The summed E-state index contributed by atoms with van der Waals surface area (Å²) in [5.74, 6) is -1.22. The first-order valence-corrected chi connectivity index (χ1v) is 4.85. The fourth-order valence-electron chi connectivity index (χ4n) is 1.17. The van der Waals surface area contributed by atoms with Crippen LogP contribution in [0.1, 0.15) is 16.2 Å². The lowest BCUT2D eigenvalue weighted by atomic mass is 10.4. The van der Waals surface area contributed by atoms with E-state index in [9.17, 15) is 18.0 Å². The van der Waals surface area contributed by atoms with Crippen LogP contribution in [-0.2, 0) is 6.18 Å². The molecule has 0 aromatic carbocycles. The molecule has 0 aliphatic rings. The summed E-state index contributed by atoms with van der Waals surface area (Å²) < 4.78 is 46.2. The second kappa shape index (κ2) is 4.63. The number of amides is 1. The molecule has 2 aromatic rings. The molecule has 0 aliphatic carbocycles. The Morgan fingerprint density at radius 3 is 2.74 bits per heavy atom. The first kappa shape index (κ1) is 12.9. The lowest BCUT2D eigenvalue weighted by Gasteiger charge is -1.99. The van der Waals surface area contributed by atoms with Crippen molar-refractivity contribution in [1.29, 1.82) is 0 Å². The fraction of sp³-hybridized carbons (Fsp3) is 0.222. The monoisotopic (exact) mass is 276 g/mol. The highest BCUT2D eigenvalue weighted by molar-refractivity contribution is 6.01. The van der Waals surface area contributed by atoms with Gasteiger partial charge in [0.15, 0.2) is 5.82 Å². The zero-order valence-corrected chi connectivity index (χ0v) is 9.41. The highest BCUT2D eigenvalue weighted by Gasteiger charge is 2.33. The normalized spacial score (nSPS) is 11.4. The van der Waals surface area contributed by atoms with Crippen molar-refractivity contribution in [3.63, 3.8) is 0 Å². The van der Waals surface area contributed by atoms with Crippen LogP contribution in [0, 0.1) is 0 Å². The molecule has 0 unspecified atom stereocenters. The van der Waals surface area contributed by atoms with Crippen LogP contribution in [0.4, 0.5) is 19.0 Å². The summed E-state index contributed by atoms with van der Waals surface area (Å²) in [4.78, 5) is 11.6. The Hall–Kier alpha value is -2.52. The van der Waals surface area contributed by atoms with Crippen LogP contribution in [0.25, 0.3) is 0 Å². The van der Waals surface area contributed by atoms with Crippen molar-refractivity contribution in [3.05, 3.63) is 23.6 Å². The topological polar surface area (TPSA) is 93.0 Å². The van der Waals surface area contributed by atoms with Crippen molar-refractivity contribution in [2.45, 2.75) is 6.18 Å². The van der Waals surface area contributed by atoms with Gasteiger partial charge in [0.25, 0.3) is 11.8 Å². The van der Waals surface area contributed by atoms with Crippen molar-refractivity contribution in [3.8, 4) is 5.88 Å². The predicted octanol–water partition coefficient (Wildman–Crippen LogP) is 1.68. The van der Waals surface area contributed by atoms with E-state index in [-0.39, 0.29) is 17.5 Å². The van der Waals surface area contributed by atoms with Gasteiger partial charge in [-0.3, -0.25) is 9.89 Å². The second-order valence-electron chi connectivity index (χ2n) is 3.35. The number of nitrogens with zero attached hydrogens (tertiary/aromatic N) is 2. The molecule has 0 aliphatic heterocycles. The first-order chi connectivity index (χ1) is 8.90. The Bertz CT molecular complexity index is 590. The average Bonchev–Trinajstić information content (AvgIpc) is 2.95. The number of H-pyrrole nitrogens is 1. The van der Waals surface area contributed by atoms with Gasteiger partial charge in [-0.2, -0.15) is 18.3 Å². The van der Waals surface area contributed by atoms with Crippen LogP contribution in [0.15, 0.2) is 16.7 Å². The highest BCUT2D eigenvalue weighted by atomic mass is 19.4. The predicted molar refractivity (Wildman–Crippen MR) is 54.6 cm³/mol. The number of alkyl halides is 3. The summed E-state index contributed by atoms with van der Waals surface area (Å²) in [6.07, 6.45) is -4.56. The van der Waals surface area contributed by atoms with Gasteiger partial charge in [0.1, 0.15) is 5.69 Å². The minimum atomic E-state index is -4.56. The average molecular weight is 276 g/mol. The van der Waals surface area contributed by atoms with E-state index in [2.05, 4.69) is 24.8 Å². The molecule has 2 aromatic heterocycles. The maximum absolute atomic E-state index is 12.3. The molecule has 0 spiro atoms. The van der Waals surface area contributed by atoms with E-state index in [0.29, 0.717) is 6.07 Å². The maximum Gasteiger partial charge on any atom is 0.432 e. The van der Waals surface area contributed by atoms with Gasteiger partial charge in [-0.1, -0.05) is 0 Å². The number of aromatic nitrogens is 3. The number of halogens is 3. The number of rotatable bonds is 3. The van der Waals surface area contributed by atoms with Gasteiger partial charge in [-0.15, -0.1) is 0 Å². The molecule has 2 N–H and O–H groups in total. The number of carbonyl (C=O) groups is 1. The Labute approximate surface area is 103 Å². The molecule has 0 atom stereocenters. The zero-order chi connectivity index (χ0) is 14.0. The van der Waals surface area contributed by atoms with Crippen molar-refractivity contribution < 1.29 is 27.2 Å². The van der Waals surface area contributed by atoms with Gasteiger partial charge < -0.3 is 14.6 Å². The number of nitrogens with one attached hydrogen (secondary N) is 2. The molecule has 0 saturated carbocycles.